The molecule has 0 saturated heterocycles. The van der Waals surface area contributed by atoms with Gasteiger partial charge in [0, 0.05) is 15.8 Å². The molecule has 0 aliphatic heterocycles. The van der Waals surface area contributed by atoms with Crippen molar-refractivity contribution in [3.8, 4) is 0 Å². The first kappa shape index (κ1) is 14.2. The standard InChI is InChI=1S/C14H16ClN3S/c1-14(2,3)19-11-6-4-5-10(13(11)15)18-12-7-8-16-9-17-12/h4-9H,1-3H3,(H,16,17,18). The van der Waals surface area contributed by atoms with Gasteiger partial charge < -0.3 is 5.32 Å². The first-order chi connectivity index (χ1) is 8.96. The molecule has 0 unspecified atom stereocenters. The van der Waals surface area contributed by atoms with Crippen molar-refractivity contribution in [1.82, 2.24) is 9.97 Å². The van der Waals surface area contributed by atoms with Gasteiger partial charge in [0.05, 0.1) is 10.7 Å². The fraction of sp³-hybridized carbons (Fsp3) is 0.286. The molecule has 2 aromatic rings. The van der Waals surface area contributed by atoms with Crippen LogP contribution in [-0.4, -0.2) is 14.7 Å². The second-order valence-electron chi connectivity index (χ2n) is 5.05. The molecule has 0 spiro atoms. The summed E-state index contributed by atoms with van der Waals surface area (Å²) in [5.74, 6) is 0.731. The van der Waals surface area contributed by atoms with E-state index in [9.17, 15) is 0 Å². The molecule has 1 aromatic heterocycles. The Morgan fingerprint density at radius 1 is 1.21 bits per heavy atom. The monoisotopic (exact) mass is 293 g/mol. The number of thioether (sulfide) groups is 1. The Balaban J connectivity index is 2.25. The van der Waals surface area contributed by atoms with E-state index in [-0.39, 0.29) is 4.75 Å². The SMILES string of the molecule is CC(C)(C)Sc1cccc(Nc2ccncn2)c1Cl. The molecule has 2 rings (SSSR count). The Bertz CT molecular complexity index is 552. The molecule has 0 radical (unpaired) electrons. The van der Waals surface area contributed by atoms with E-state index in [1.165, 1.54) is 6.33 Å². The molecule has 19 heavy (non-hydrogen) atoms. The fourth-order valence-electron chi connectivity index (χ4n) is 1.52. The molecule has 100 valence electrons. The van der Waals surface area contributed by atoms with Gasteiger partial charge in [-0.1, -0.05) is 38.4 Å². The maximum absolute atomic E-state index is 6.44. The predicted molar refractivity (Wildman–Crippen MR) is 82.4 cm³/mol. The maximum Gasteiger partial charge on any atom is 0.133 e. The van der Waals surface area contributed by atoms with Crippen molar-refractivity contribution in [1.29, 1.82) is 0 Å². The van der Waals surface area contributed by atoms with Gasteiger partial charge >= 0.3 is 0 Å². The van der Waals surface area contributed by atoms with Gasteiger partial charge in [-0.2, -0.15) is 0 Å². The summed E-state index contributed by atoms with van der Waals surface area (Å²) in [6.07, 6.45) is 3.20. The molecule has 1 heterocycles. The normalized spacial score (nSPS) is 11.4. The van der Waals surface area contributed by atoms with Crippen LogP contribution in [0.15, 0.2) is 41.7 Å². The number of nitrogens with zero attached hydrogens (tertiary/aromatic N) is 2. The molecule has 3 nitrogen and oxygen atoms in total. The van der Waals surface area contributed by atoms with Gasteiger partial charge in [-0.05, 0) is 18.2 Å². The van der Waals surface area contributed by atoms with Crippen LogP contribution in [0.2, 0.25) is 5.02 Å². The van der Waals surface area contributed by atoms with Gasteiger partial charge in [0.2, 0.25) is 0 Å². The van der Waals surface area contributed by atoms with Crippen LogP contribution >= 0.6 is 23.4 Å². The lowest BCUT2D eigenvalue weighted by molar-refractivity contribution is 0.803. The molecule has 5 heteroatoms. The van der Waals surface area contributed by atoms with E-state index in [0.717, 1.165) is 21.4 Å². The van der Waals surface area contributed by atoms with Gasteiger partial charge in [0.15, 0.2) is 0 Å². The zero-order valence-corrected chi connectivity index (χ0v) is 12.7. The molecule has 0 amide bonds. The van der Waals surface area contributed by atoms with Crippen LogP contribution in [0.4, 0.5) is 11.5 Å². The summed E-state index contributed by atoms with van der Waals surface area (Å²) >= 11 is 8.19. The molecule has 0 aliphatic rings. The van der Waals surface area contributed by atoms with Crippen LogP contribution < -0.4 is 5.32 Å². The lowest BCUT2D eigenvalue weighted by Crippen LogP contribution is -2.07. The molecule has 1 N–H and O–H groups in total. The Morgan fingerprint density at radius 2 is 2.00 bits per heavy atom. The third-order valence-electron chi connectivity index (χ3n) is 2.22. The van der Waals surface area contributed by atoms with Crippen LogP contribution in [0.3, 0.4) is 0 Å². The Labute approximate surface area is 122 Å². The number of rotatable bonds is 3. The highest BCUT2D eigenvalue weighted by Gasteiger charge is 2.16. The van der Waals surface area contributed by atoms with Gasteiger partial charge in [0.25, 0.3) is 0 Å². The second kappa shape index (κ2) is 5.80. The predicted octanol–water partition coefficient (Wildman–Crippen LogP) is 4.76. The molecule has 0 fully saturated rings. The van der Waals surface area contributed by atoms with E-state index in [2.05, 4.69) is 36.1 Å². The van der Waals surface area contributed by atoms with E-state index < -0.39 is 0 Å². The van der Waals surface area contributed by atoms with E-state index in [1.807, 2.05) is 18.2 Å². The van der Waals surface area contributed by atoms with Crippen molar-refractivity contribution in [2.24, 2.45) is 0 Å². The minimum Gasteiger partial charge on any atom is -0.339 e. The lowest BCUT2D eigenvalue weighted by Gasteiger charge is -2.19. The van der Waals surface area contributed by atoms with Gasteiger partial charge in [-0.15, -0.1) is 11.8 Å². The second-order valence-corrected chi connectivity index (χ2v) is 7.30. The van der Waals surface area contributed by atoms with Gasteiger partial charge in [0.1, 0.15) is 12.1 Å². The number of hydrogen-bond acceptors (Lipinski definition) is 4. The van der Waals surface area contributed by atoms with Gasteiger partial charge in [-0.3, -0.25) is 0 Å². The average Bonchev–Trinajstić information content (AvgIpc) is 2.34. The molecule has 0 saturated carbocycles. The molecular weight excluding hydrogens is 278 g/mol. The minimum absolute atomic E-state index is 0.122. The summed E-state index contributed by atoms with van der Waals surface area (Å²) in [5, 5.41) is 3.93. The highest BCUT2D eigenvalue weighted by molar-refractivity contribution is 8.00. The number of halogens is 1. The van der Waals surface area contributed by atoms with Crippen molar-refractivity contribution < 1.29 is 0 Å². The highest BCUT2D eigenvalue weighted by atomic mass is 35.5. The zero-order chi connectivity index (χ0) is 13.9. The smallest absolute Gasteiger partial charge is 0.133 e. The summed E-state index contributed by atoms with van der Waals surface area (Å²) in [6, 6.07) is 7.77. The maximum atomic E-state index is 6.44. The van der Waals surface area contributed by atoms with E-state index in [1.54, 1.807) is 24.0 Å². The quantitative estimate of drug-likeness (QED) is 0.828. The minimum atomic E-state index is 0.122. The van der Waals surface area contributed by atoms with Crippen LogP contribution in [0.1, 0.15) is 20.8 Å². The van der Waals surface area contributed by atoms with E-state index in [0.29, 0.717) is 0 Å². The molecular formula is C14H16ClN3S. The first-order valence-corrected chi connectivity index (χ1v) is 7.16. The lowest BCUT2D eigenvalue weighted by atomic mass is 10.3. The summed E-state index contributed by atoms with van der Waals surface area (Å²) < 4.78 is 0.122. The van der Waals surface area contributed by atoms with Crippen LogP contribution in [-0.2, 0) is 0 Å². The zero-order valence-electron chi connectivity index (χ0n) is 11.1. The van der Waals surface area contributed by atoms with E-state index in [4.69, 9.17) is 11.6 Å². The van der Waals surface area contributed by atoms with Crippen molar-refractivity contribution >= 4 is 34.9 Å². The highest BCUT2D eigenvalue weighted by Crippen LogP contribution is 2.40. The third-order valence-corrected chi connectivity index (χ3v) is 3.92. The topological polar surface area (TPSA) is 37.8 Å². The number of anilines is 2. The Kier molecular flexibility index (Phi) is 4.32. The van der Waals surface area contributed by atoms with Crippen molar-refractivity contribution in [2.75, 3.05) is 5.32 Å². The summed E-state index contributed by atoms with van der Waals surface area (Å²) in [6.45, 7) is 6.50. The van der Waals surface area contributed by atoms with Crippen molar-refractivity contribution in [2.45, 2.75) is 30.4 Å². The summed E-state index contributed by atoms with van der Waals surface area (Å²) in [4.78, 5) is 9.08. The van der Waals surface area contributed by atoms with Gasteiger partial charge in [-0.25, -0.2) is 9.97 Å². The van der Waals surface area contributed by atoms with Crippen LogP contribution in [0, 0.1) is 0 Å². The van der Waals surface area contributed by atoms with Crippen molar-refractivity contribution in [3.05, 3.63) is 41.8 Å². The summed E-state index contributed by atoms with van der Waals surface area (Å²) in [7, 11) is 0. The molecule has 1 aromatic carbocycles. The Morgan fingerprint density at radius 3 is 2.63 bits per heavy atom. The number of hydrogen-bond donors (Lipinski definition) is 1. The average molecular weight is 294 g/mol. The number of nitrogens with one attached hydrogen (secondary N) is 1. The third kappa shape index (κ3) is 4.11. The molecule has 0 atom stereocenters. The molecule has 0 aliphatic carbocycles. The number of benzene rings is 1. The first-order valence-electron chi connectivity index (χ1n) is 5.96. The Hall–Kier alpha value is -1.26. The fourth-order valence-corrected chi connectivity index (χ4v) is 2.81. The van der Waals surface area contributed by atoms with Crippen molar-refractivity contribution in [3.63, 3.8) is 0 Å². The van der Waals surface area contributed by atoms with Crippen LogP contribution in [0.5, 0.6) is 0 Å². The largest absolute Gasteiger partial charge is 0.339 e. The van der Waals surface area contributed by atoms with E-state index >= 15 is 0 Å². The number of aromatic nitrogens is 2. The van der Waals surface area contributed by atoms with Crippen LogP contribution in [0.25, 0.3) is 0 Å². The summed E-state index contributed by atoms with van der Waals surface area (Å²) in [5.41, 5.74) is 0.856. The molecule has 0 bridgehead atoms.